The van der Waals surface area contributed by atoms with E-state index in [-0.39, 0.29) is 12.3 Å². The molecule has 0 saturated carbocycles. The number of nitrogens with zero attached hydrogens (tertiary/aromatic N) is 1. The number of aliphatic imine (C=N–C) groups is 1. The van der Waals surface area contributed by atoms with Crippen LogP contribution in [-0.4, -0.2) is 12.3 Å². The van der Waals surface area contributed by atoms with E-state index in [1.165, 1.54) is 6.08 Å². The van der Waals surface area contributed by atoms with E-state index in [0.29, 0.717) is 0 Å². The van der Waals surface area contributed by atoms with Crippen LogP contribution in [0.4, 0.5) is 0 Å². The van der Waals surface area contributed by atoms with Crippen molar-refractivity contribution in [2.24, 2.45) is 4.99 Å². The predicted octanol–water partition coefficient (Wildman–Crippen LogP) is 1.42. The number of ether oxygens (including phenoxy) is 1. The van der Waals surface area contributed by atoms with Gasteiger partial charge in [-0.25, -0.2) is 4.79 Å². The molecule has 0 radical (unpaired) electrons. The van der Waals surface area contributed by atoms with Crippen LogP contribution in [0.3, 0.4) is 0 Å². The molecule has 1 aliphatic rings. The molecule has 3 heteroatoms. The van der Waals surface area contributed by atoms with Crippen LogP contribution in [0.25, 0.3) is 0 Å². The Morgan fingerprint density at radius 2 is 2.08 bits per heavy atom. The summed E-state index contributed by atoms with van der Waals surface area (Å²) < 4.78 is 5.11. The molecule has 0 bridgehead atoms. The molecular weight excluding hydrogens is 154 g/mol. The second-order valence-corrected chi connectivity index (χ2v) is 2.58. The van der Waals surface area contributed by atoms with Gasteiger partial charge in [0, 0.05) is 0 Å². The highest BCUT2D eigenvalue weighted by molar-refractivity contribution is 5.35. The van der Waals surface area contributed by atoms with Crippen molar-refractivity contribution in [3.8, 4) is 0 Å². The minimum atomic E-state index is -0.301. The minimum absolute atomic E-state index is 0.0346. The summed E-state index contributed by atoms with van der Waals surface area (Å²) in [7, 11) is 0. The Morgan fingerprint density at radius 1 is 1.33 bits per heavy atom. The Morgan fingerprint density at radius 3 is 2.75 bits per heavy atom. The lowest BCUT2D eigenvalue weighted by atomic mass is 10.1. The van der Waals surface area contributed by atoms with Crippen molar-refractivity contribution >= 4 is 6.08 Å². The van der Waals surface area contributed by atoms with Gasteiger partial charge in [-0.2, -0.15) is 4.99 Å². The predicted molar refractivity (Wildman–Crippen MR) is 42.2 cm³/mol. The van der Waals surface area contributed by atoms with Gasteiger partial charge < -0.3 is 4.74 Å². The van der Waals surface area contributed by atoms with Crippen LogP contribution in [0.15, 0.2) is 35.3 Å². The van der Waals surface area contributed by atoms with E-state index in [4.69, 9.17) is 4.74 Å². The number of benzene rings is 1. The second-order valence-electron chi connectivity index (χ2n) is 2.58. The highest BCUT2D eigenvalue weighted by atomic mass is 16.6. The topological polar surface area (TPSA) is 42.0 Å². The summed E-state index contributed by atoms with van der Waals surface area (Å²) in [5, 5.41) is 0. The molecule has 1 heterocycles. The molecular formula is C9H7NO2. The molecule has 1 saturated heterocycles. The average molecular weight is 161 g/mol. The van der Waals surface area contributed by atoms with E-state index in [9.17, 15) is 4.79 Å². The van der Waals surface area contributed by atoms with Crippen molar-refractivity contribution in [3.63, 3.8) is 0 Å². The van der Waals surface area contributed by atoms with Gasteiger partial charge in [-0.05, 0) is 5.56 Å². The summed E-state index contributed by atoms with van der Waals surface area (Å²) in [4.78, 5) is 13.3. The van der Waals surface area contributed by atoms with E-state index in [1.807, 2.05) is 30.3 Å². The Bertz CT molecular complexity index is 317. The molecule has 0 aromatic heterocycles. The van der Waals surface area contributed by atoms with Crippen molar-refractivity contribution in [2.45, 2.75) is 12.3 Å². The minimum Gasteiger partial charge on any atom is -0.340 e. The zero-order valence-corrected chi connectivity index (χ0v) is 6.31. The number of isocyanates is 1. The molecule has 0 spiro atoms. The summed E-state index contributed by atoms with van der Waals surface area (Å²) in [6.07, 6.45) is 1.14. The summed E-state index contributed by atoms with van der Waals surface area (Å²) in [5.74, 6) is 0. The van der Waals surface area contributed by atoms with Crippen molar-refractivity contribution in [1.82, 2.24) is 0 Å². The fourth-order valence-corrected chi connectivity index (χ4v) is 1.14. The molecule has 2 rings (SSSR count). The SMILES string of the molecule is O=C=N[C@H]1O[C@H]1c1ccccc1. The lowest BCUT2D eigenvalue weighted by Crippen LogP contribution is -1.82. The first-order chi connectivity index (χ1) is 5.92. The van der Waals surface area contributed by atoms with Gasteiger partial charge in [0.2, 0.25) is 6.08 Å². The van der Waals surface area contributed by atoms with Gasteiger partial charge in [-0.15, -0.1) is 0 Å². The van der Waals surface area contributed by atoms with Crippen LogP contribution in [-0.2, 0) is 9.53 Å². The molecule has 0 amide bonds. The van der Waals surface area contributed by atoms with Gasteiger partial charge in [-0.1, -0.05) is 30.3 Å². The number of rotatable bonds is 2. The van der Waals surface area contributed by atoms with E-state index in [2.05, 4.69) is 4.99 Å². The normalized spacial score (nSPS) is 26.0. The number of epoxide rings is 1. The maximum absolute atomic E-state index is 9.86. The van der Waals surface area contributed by atoms with E-state index in [1.54, 1.807) is 0 Å². The lowest BCUT2D eigenvalue weighted by Gasteiger charge is -1.90. The van der Waals surface area contributed by atoms with Crippen LogP contribution in [0, 0.1) is 0 Å². The highest BCUT2D eigenvalue weighted by Crippen LogP contribution is 2.38. The third-order valence-corrected chi connectivity index (χ3v) is 1.78. The smallest absolute Gasteiger partial charge is 0.237 e. The molecule has 1 fully saturated rings. The Balaban J connectivity index is 2.11. The maximum Gasteiger partial charge on any atom is 0.237 e. The average Bonchev–Trinajstić information content (AvgIpc) is 2.87. The van der Waals surface area contributed by atoms with Crippen LogP contribution in [0.2, 0.25) is 0 Å². The van der Waals surface area contributed by atoms with E-state index >= 15 is 0 Å². The van der Waals surface area contributed by atoms with E-state index in [0.717, 1.165) is 5.56 Å². The van der Waals surface area contributed by atoms with Crippen molar-refractivity contribution in [1.29, 1.82) is 0 Å². The Kier molecular flexibility index (Phi) is 1.74. The van der Waals surface area contributed by atoms with Crippen molar-refractivity contribution < 1.29 is 9.53 Å². The molecule has 1 aromatic rings. The molecule has 0 unspecified atom stereocenters. The van der Waals surface area contributed by atoms with Crippen molar-refractivity contribution in [3.05, 3.63) is 35.9 Å². The third kappa shape index (κ3) is 1.28. The first kappa shape index (κ1) is 7.22. The van der Waals surface area contributed by atoms with Gasteiger partial charge in [0.15, 0.2) is 6.23 Å². The van der Waals surface area contributed by atoms with Crippen LogP contribution < -0.4 is 0 Å². The fourth-order valence-electron chi connectivity index (χ4n) is 1.14. The zero-order chi connectivity index (χ0) is 8.39. The van der Waals surface area contributed by atoms with Gasteiger partial charge >= 0.3 is 0 Å². The summed E-state index contributed by atoms with van der Waals surface area (Å²) in [6, 6.07) is 9.69. The van der Waals surface area contributed by atoms with Gasteiger partial charge in [0.1, 0.15) is 6.10 Å². The highest BCUT2D eigenvalue weighted by Gasteiger charge is 2.40. The standard InChI is InChI=1S/C9H7NO2/c11-6-10-9-8(12-9)7-4-2-1-3-5-7/h1-5,8-9H/t8-,9-/m0/s1. The zero-order valence-electron chi connectivity index (χ0n) is 6.31. The van der Waals surface area contributed by atoms with E-state index < -0.39 is 0 Å². The monoisotopic (exact) mass is 161 g/mol. The summed E-state index contributed by atoms with van der Waals surface area (Å²) in [6.45, 7) is 0. The maximum atomic E-state index is 9.86. The number of carbonyl (C=O) groups excluding carboxylic acids is 1. The summed E-state index contributed by atoms with van der Waals surface area (Å²) in [5.41, 5.74) is 1.06. The largest absolute Gasteiger partial charge is 0.340 e. The molecule has 1 aromatic carbocycles. The van der Waals surface area contributed by atoms with Crippen LogP contribution in [0.5, 0.6) is 0 Å². The molecule has 12 heavy (non-hydrogen) atoms. The lowest BCUT2D eigenvalue weighted by molar-refractivity contribution is 0.377. The first-order valence-corrected chi connectivity index (χ1v) is 3.69. The first-order valence-electron chi connectivity index (χ1n) is 3.69. The second kappa shape index (κ2) is 2.89. The molecule has 0 aliphatic carbocycles. The molecule has 0 N–H and O–H groups in total. The van der Waals surface area contributed by atoms with Crippen LogP contribution in [0.1, 0.15) is 11.7 Å². The molecule has 1 aliphatic heterocycles. The molecule has 60 valence electrons. The van der Waals surface area contributed by atoms with Gasteiger partial charge in [0.05, 0.1) is 0 Å². The summed E-state index contributed by atoms with van der Waals surface area (Å²) >= 11 is 0. The molecule has 3 nitrogen and oxygen atoms in total. The third-order valence-electron chi connectivity index (χ3n) is 1.78. The quantitative estimate of drug-likeness (QED) is 0.374. The molecule has 2 atom stereocenters. The van der Waals surface area contributed by atoms with Crippen molar-refractivity contribution in [2.75, 3.05) is 0 Å². The Labute approximate surface area is 69.7 Å². The number of hydrogen-bond acceptors (Lipinski definition) is 3. The fraction of sp³-hybridized carbons (Fsp3) is 0.222. The van der Waals surface area contributed by atoms with Crippen LogP contribution >= 0.6 is 0 Å². The Hall–Kier alpha value is -1.44. The van der Waals surface area contributed by atoms with Gasteiger partial charge in [-0.3, -0.25) is 0 Å². The number of hydrogen-bond donors (Lipinski definition) is 0. The van der Waals surface area contributed by atoms with Gasteiger partial charge in [0.25, 0.3) is 0 Å².